The van der Waals surface area contributed by atoms with E-state index in [0.29, 0.717) is 6.42 Å². The summed E-state index contributed by atoms with van der Waals surface area (Å²) in [5.74, 6) is 0.210. The van der Waals surface area contributed by atoms with Gasteiger partial charge in [0.1, 0.15) is 0 Å². The van der Waals surface area contributed by atoms with E-state index in [1.807, 2.05) is 18.2 Å². The molecule has 80 valence electrons. The smallest absolute Gasteiger partial charge is 0.164 e. The first kappa shape index (κ1) is 10.2. The maximum Gasteiger partial charge on any atom is 0.164 e. The van der Waals surface area contributed by atoms with Gasteiger partial charge in [0.05, 0.1) is 5.03 Å². The highest BCUT2D eigenvalue weighted by molar-refractivity contribution is 8.03. The third kappa shape index (κ3) is 1.53. The molecule has 0 unspecified atom stereocenters. The number of rotatable bonds is 0. The largest absolute Gasteiger partial charge is 0.294 e. The molecule has 0 aromatic heterocycles. The van der Waals surface area contributed by atoms with Gasteiger partial charge in [-0.3, -0.25) is 4.79 Å². The van der Waals surface area contributed by atoms with E-state index in [1.54, 1.807) is 11.8 Å². The van der Waals surface area contributed by atoms with Crippen molar-refractivity contribution in [3.05, 3.63) is 51.4 Å². The summed E-state index contributed by atoms with van der Waals surface area (Å²) in [6.45, 7) is 0. The number of allylic oxidation sites excluding steroid dienone is 3. The second-order valence-electron chi connectivity index (χ2n) is 3.87. The number of halogens is 1. The quantitative estimate of drug-likeness (QED) is 0.697. The van der Waals surface area contributed by atoms with Crippen molar-refractivity contribution in [3.63, 3.8) is 0 Å². The molecule has 2 aliphatic rings. The van der Waals surface area contributed by atoms with Gasteiger partial charge in [0.15, 0.2) is 5.78 Å². The maximum absolute atomic E-state index is 11.8. The lowest BCUT2D eigenvalue weighted by Gasteiger charge is -2.23. The predicted molar refractivity (Wildman–Crippen MR) is 66.6 cm³/mol. The zero-order valence-corrected chi connectivity index (χ0v) is 10.1. The fraction of sp³-hybridized carbons (Fsp3) is 0.154. The SMILES string of the molecule is O=C1CC=C(Cl)C2=C1Cc1ccccc1S2. The van der Waals surface area contributed by atoms with Gasteiger partial charge in [-0.2, -0.15) is 0 Å². The van der Waals surface area contributed by atoms with Crippen LogP contribution in [0.25, 0.3) is 0 Å². The van der Waals surface area contributed by atoms with Crippen LogP contribution in [0.1, 0.15) is 12.0 Å². The van der Waals surface area contributed by atoms with Gasteiger partial charge < -0.3 is 0 Å². The number of fused-ring (bicyclic) bond motifs is 1. The Morgan fingerprint density at radius 3 is 2.94 bits per heavy atom. The van der Waals surface area contributed by atoms with Gasteiger partial charge in [-0.15, -0.1) is 0 Å². The number of hydrogen-bond acceptors (Lipinski definition) is 2. The van der Waals surface area contributed by atoms with Crippen molar-refractivity contribution in [1.82, 2.24) is 0 Å². The van der Waals surface area contributed by atoms with Crippen LogP contribution in [-0.2, 0) is 11.2 Å². The Bertz CT molecular complexity index is 516. The van der Waals surface area contributed by atoms with Crippen LogP contribution in [-0.4, -0.2) is 5.78 Å². The molecular weight excluding hydrogens is 240 g/mol. The Morgan fingerprint density at radius 1 is 1.25 bits per heavy atom. The molecule has 0 amide bonds. The van der Waals surface area contributed by atoms with E-state index in [-0.39, 0.29) is 5.78 Å². The van der Waals surface area contributed by atoms with Crippen molar-refractivity contribution in [2.24, 2.45) is 0 Å². The van der Waals surface area contributed by atoms with Gasteiger partial charge in [-0.25, -0.2) is 0 Å². The summed E-state index contributed by atoms with van der Waals surface area (Å²) >= 11 is 7.76. The summed E-state index contributed by atoms with van der Waals surface area (Å²) in [5.41, 5.74) is 2.11. The first-order chi connectivity index (χ1) is 7.75. The second-order valence-corrected chi connectivity index (χ2v) is 5.33. The molecule has 1 aromatic rings. The van der Waals surface area contributed by atoms with E-state index in [1.165, 1.54) is 10.5 Å². The third-order valence-corrected chi connectivity index (χ3v) is 4.59. The van der Waals surface area contributed by atoms with E-state index in [9.17, 15) is 4.79 Å². The number of Topliss-reactive ketones (excluding diaryl/α,β-unsaturated/α-hetero) is 1. The molecule has 0 fully saturated rings. The first-order valence-electron chi connectivity index (χ1n) is 5.14. The van der Waals surface area contributed by atoms with Gasteiger partial charge in [0, 0.05) is 28.2 Å². The van der Waals surface area contributed by atoms with Crippen LogP contribution in [0.5, 0.6) is 0 Å². The molecule has 1 heterocycles. The van der Waals surface area contributed by atoms with Crippen LogP contribution in [0.3, 0.4) is 0 Å². The number of carbonyl (C=O) groups is 1. The number of hydrogen-bond donors (Lipinski definition) is 0. The standard InChI is InChI=1S/C13H9ClOS/c14-10-5-6-11(15)9-7-8-3-1-2-4-12(8)16-13(9)10/h1-5H,6-7H2. The van der Waals surface area contributed by atoms with Crippen molar-refractivity contribution >= 4 is 29.1 Å². The van der Waals surface area contributed by atoms with E-state index in [0.717, 1.165) is 21.9 Å². The zero-order valence-electron chi connectivity index (χ0n) is 8.50. The summed E-state index contributed by atoms with van der Waals surface area (Å²) in [6, 6.07) is 8.17. The molecule has 0 atom stereocenters. The minimum atomic E-state index is 0.210. The highest BCUT2D eigenvalue weighted by atomic mass is 35.5. The normalized spacial score (nSPS) is 19.1. The fourth-order valence-corrected chi connectivity index (χ4v) is 3.44. The van der Waals surface area contributed by atoms with E-state index in [4.69, 9.17) is 11.6 Å². The van der Waals surface area contributed by atoms with Gasteiger partial charge in [-0.05, 0) is 11.6 Å². The van der Waals surface area contributed by atoms with E-state index >= 15 is 0 Å². The number of carbonyl (C=O) groups excluding carboxylic acids is 1. The number of thioether (sulfide) groups is 1. The molecule has 16 heavy (non-hydrogen) atoms. The van der Waals surface area contributed by atoms with Crippen LogP contribution < -0.4 is 0 Å². The lowest BCUT2D eigenvalue weighted by atomic mass is 9.95. The van der Waals surface area contributed by atoms with Crippen molar-refractivity contribution < 1.29 is 4.79 Å². The molecule has 0 radical (unpaired) electrons. The third-order valence-electron chi connectivity index (χ3n) is 2.85. The molecule has 1 aliphatic heterocycles. The van der Waals surface area contributed by atoms with Crippen molar-refractivity contribution in [3.8, 4) is 0 Å². The molecule has 0 saturated carbocycles. The van der Waals surface area contributed by atoms with Crippen molar-refractivity contribution in [2.75, 3.05) is 0 Å². The summed E-state index contributed by atoms with van der Waals surface area (Å²) < 4.78 is 0. The minimum Gasteiger partial charge on any atom is -0.294 e. The molecule has 0 saturated heterocycles. The molecule has 3 rings (SSSR count). The fourth-order valence-electron chi connectivity index (χ4n) is 2.01. The van der Waals surface area contributed by atoms with Gasteiger partial charge in [0.25, 0.3) is 0 Å². The molecule has 3 heteroatoms. The van der Waals surface area contributed by atoms with E-state index in [2.05, 4.69) is 12.1 Å². The Kier molecular flexibility index (Phi) is 2.41. The highest BCUT2D eigenvalue weighted by Gasteiger charge is 2.27. The van der Waals surface area contributed by atoms with Gasteiger partial charge in [0.2, 0.25) is 0 Å². The molecule has 1 aromatic carbocycles. The molecule has 1 nitrogen and oxygen atoms in total. The zero-order chi connectivity index (χ0) is 11.1. The lowest BCUT2D eigenvalue weighted by Crippen LogP contribution is -2.14. The molecule has 0 spiro atoms. The Balaban J connectivity index is 2.10. The monoisotopic (exact) mass is 248 g/mol. The van der Waals surface area contributed by atoms with Crippen LogP contribution >= 0.6 is 23.4 Å². The average Bonchev–Trinajstić information content (AvgIpc) is 2.32. The van der Waals surface area contributed by atoms with Gasteiger partial charge >= 0.3 is 0 Å². The highest BCUT2D eigenvalue weighted by Crippen LogP contribution is 2.45. The van der Waals surface area contributed by atoms with Gasteiger partial charge in [-0.1, -0.05) is 47.6 Å². The average molecular weight is 249 g/mol. The summed E-state index contributed by atoms with van der Waals surface area (Å²) in [6.07, 6.45) is 2.98. The Hall–Kier alpha value is -0.990. The van der Waals surface area contributed by atoms with Crippen LogP contribution in [0, 0.1) is 0 Å². The second kappa shape index (κ2) is 3.79. The number of ketones is 1. The van der Waals surface area contributed by atoms with Crippen LogP contribution in [0.15, 0.2) is 50.7 Å². The Morgan fingerprint density at radius 2 is 2.06 bits per heavy atom. The molecular formula is C13H9ClOS. The Labute approximate surface area is 103 Å². The summed E-state index contributed by atoms with van der Waals surface area (Å²) in [7, 11) is 0. The maximum atomic E-state index is 11.8. The molecule has 0 N–H and O–H groups in total. The first-order valence-corrected chi connectivity index (χ1v) is 6.33. The van der Waals surface area contributed by atoms with Crippen molar-refractivity contribution in [2.45, 2.75) is 17.7 Å². The molecule has 1 aliphatic carbocycles. The topological polar surface area (TPSA) is 17.1 Å². The lowest BCUT2D eigenvalue weighted by molar-refractivity contribution is -0.115. The summed E-state index contributed by atoms with van der Waals surface area (Å²) in [4.78, 5) is 14.0. The predicted octanol–water partition coefficient (Wildman–Crippen LogP) is 3.68. The molecule has 0 bridgehead atoms. The van der Waals surface area contributed by atoms with Crippen LogP contribution in [0.4, 0.5) is 0 Å². The van der Waals surface area contributed by atoms with E-state index < -0.39 is 0 Å². The van der Waals surface area contributed by atoms with Crippen molar-refractivity contribution in [1.29, 1.82) is 0 Å². The number of benzene rings is 1. The summed E-state index contributed by atoms with van der Waals surface area (Å²) in [5, 5.41) is 0.731. The van der Waals surface area contributed by atoms with Crippen LogP contribution in [0.2, 0.25) is 0 Å². The minimum absolute atomic E-state index is 0.210.